The van der Waals surface area contributed by atoms with E-state index in [1.54, 1.807) is 17.0 Å². The highest BCUT2D eigenvalue weighted by Crippen LogP contribution is 2.35. The second-order valence-corrected chi connectivity index (χ2v) is 9.09. The number of rotatable bonds is 3. The summed E-state index contributed by atoms with van der Waals surface area (Å²) in [5, 5.41) is 0.571. The van der Waals surface area contributed by atoms with Crippen molar-refractivity contribution < 1.29 is 23.4 Å². The van der Waals surface area contributed by atoms with Crippen molar-refractivity contribution in [2.24, 2.45) is 0 Å². The van der Waals surface area contributed by atoms with Crippen molar-refractivity contribution in [3.63, 3.8) is 0 Å². The van der Waals surface area contributed by atoms with Crippen LogP contribution in [-0.2, 0) is 20.8 Å². The number of nitrogens with zero attached hydrogens (tertiary/aromatic N) is 2. The minimum Gasteiger partial charge on any atom is -0.445 e. The van der Waals surface area contributed by atoms with Gasteiger partial charge in [0.25, 0.3) is 0 Å². The third-order valence-electron chi connectivity index (χ3n) is 6.25. The molecular weight excluding hydrogens is 479 g/mol. The summed E-state index contributed by atoms with van der Waals surface area (Å²) in [5.41, 5.74) is 1.78. The zero-order chi connectivity index (χ0) is 22.1. The Bertz CT molecular complexity index is 1100. The molecule has 1 aromatic heterocycles. The molecule has 0 atom stereocenters. The molecule has 0 bridgehead atoms. The Balaban J connectivity index is 1.16. The Hall–Kier alpha value is -2.42. The highest BCUT2D eigenvalue weighted by Gasteiger charge is 2.42. The van der Waals surface area contributed by atoms with Crippen LogP contribution in [0, 0.1) is 5.82 Å². The maximum atomic E-state index is 14.4. The van der Waals surface area contributed by atoms with Gasteiger partial charge < -0.3 is 23.7 Å². The second kappa shape index (κ2) is 8.84. The minimum absolute atomic E-state index is 0.0347. The van der Waals surface area contributed by atoms with E-state index >= 15 is 0 Å². The Kier molecular flexibility index (Phi) is 5.92. The second-order valence-electron chi connectivity index (χ2n) is 8.23. The molecule has 1 spiro atoms. The SMILES string of the molecule is O=C(OCc1ccccc1)N1CCC2(CC1)OCC(n1ccc3c(F)c(Br)ccc31)CO2. The lowest BCUT2D eigenvalue weighted by Gasteiger charge is -2.45. The van der Waals surface area contributed by atoms with E-state index in [1.807, 2.05) is 47.2 Å². The van der Waals surface area contributed by atoms with Gasteiger partial charge in [0.15, 0.2) is 5.79 Å². The smallest absolute Gasteiger partial charge is 0.410 e. The van der Waals surface area contributed by atoms with Gasteiger partial charge in [-0.05, 0) is 39.7 Å². The maximum Gasteiger partial charge on any atom is 0.410 e. The molecule has 0 aliphatic carbocycles. The molecule has 2 aromatic carbocycles. The number of amides is 1. The van der Waals surface area contributed by atoms with Crippen molar-refractivity contribution in [3.8, 4) is 0 Å². The standard InChI is InChI=1S/C24H24BrFN2O4/c25-20-6-7-21-19(22(20)26)8-11-28(21)18-15-31-24(32-16-18)9-12-27(13-10-24)23(29)30-14-17-4-2-1-3-5-17/h1-8,11,18H,9-10,12-16H2. The van der Waals surface area contributed by atoms with Crippen LogP contribution in [-0.4, -0.2) is 47.7 Å². The number of carbonyl (C=O) groups excluding carboxylic acids is 1. The van der Waals surface area contributed by atoms with Gasteiger partial charge in [0.1, 0.15) is 12.4 Å². The number of ether oxygens (including phenoxy) is 3. The van der Waals surface area contributed by atoms with Crippen LogP contribution in [0.25, 0.3) is 10.9 Å². The predicted molar refractivity (Wildman–Crippen MR) is 121 cm³/mol. The van der Waals surface area contributed by atoms with Gasteiger partial charge >= 0.3 is 6.09 Å². The molecule has 2 fully saturated rings. The van der Waals surface area contributed by atoms with Crippen LogP contribution in [0.5, 0.6) is 0 Å². The average Bonchev–Trinajstić information content (AvgIpc) is 3.26. The van der Waals surface area contributed by atoms with Crippen LogP contribution in [0.1, 0.15) is 24.4 Å². The Morgan fingerprint density at radius 2 is 1.81 bits per heavy atom. The Morgan fingerprint density at radius 1 is 1.09 bits per heavy atom. The van der Waals surface area contributed by atoms with Gasteiger partial charge in [-0.15, -0.1) is 0 Å². The van der Waals surface area contributed by atoms with E-state index in [9.17, 15) is 9.18 Å². The molecule has 2 aliphatic heterocycles. The number of likely N-dealkylation sites (tertiary alicyclic amines) is 1. The molecule has 0 N–H and O–H groups in total. The quantitative estimate of drug-likeness (QED) is 0.490. The lowest BCUT2D eigenvalue weighted by molar-refractivity contribution is -0.293. The van der Waals surface area contributed by atoms with E-state index in [1.165, 1.54) is 0 Å². The van der Waals surface area contributed by atoms with Crippen molar-refractivity contribution in [3.05, 3.63) is 70.6 Å². The third-order valence-corrected chi connectivity index (χ3v) is 6.86. The van der Waals surface area contributed by atoms with Crippen molar-refractivity contribution in [1.29, 1.82) is 0 Å². The van der Waals surface area contributed by atoms with Gasteiger partial charge in [0.05, 0.1) is 29.2 Å². The fourth-order valence-corrected chi connectivity index (χ4v) is 4.71. The molecule has 32 heavy (non-hydrogen) atoms. The fraction of sp³-hybridized carbons (Fsp3) is 0.375. The normalized spacial score (nSPS) is 18.9. The molecule has 168 valence electrons. The minimum atomic E-state index is -0.677. The zero-order valence-corrected chi connectivity index (χ0v) is 19.1. The largest absolute Gasteiger partial charge is 0.445 e. The van der Waals surface area contributed by atoms with E-state index in [0.717, 1.165) is 11.1 Å². The molecular formula is C24H24BrFN2O4. The van der Waals surface area contributed by atoms with Crippen molar-refractivity contribution in [1.82, 2.24) is 9.47 Å². The molecule has 1 amide bonds. The molecule has 3 heterocycles. The highest BCUT2D eigenvalue weighted by atomic mass is 79.9. The summed E-state index contributed by atoms with van der Waals surface area (Å²) in [6, 6.07) is 15.0. The monoisotopic (exact) mass is 502 g/mol. The van der Waals surface area contributed by atoms with Crippen molar-refractivity contribution >= 4 is 32.9 Å². The van der Waals surface area contributed by atoms with Crippen LogP contribution in [0.4, 0.5) is 9.18 Å². The van der Waals surface area contributed by atoms with Crippen molar-refractivity contribution in [2.45, 2.75) is 31.3 Å². The molecule has 3 aromatic rings. The number of aromatic nitrogens is 1. The maximum absolute atomic E-state index is 14.4. The summed E-state index contributed by atoms with van der Waals surface area (Å²) in [6.07, 6.45) is 2.74. The molecule has 0 radical (unpaired) electrons. The number of benzene rings is 2. The first-order chi connectivity index (χ1) is 15.5. The first-order valence-corrected chi connectivity index (χ1v) is 11.5. The van der Waals surface area contributed by atoms with Crippen LogP contribution in [0.2, 0.25) is 0 Å². The summed E-state index contributed by atoms with van der Waals surface area (Å²) >= 11 is 3.24. The van der Waals surface area contributed by atoms with E-state index in [2.05, 4.69) is 15.9 Å². The molecule has 0 saturated carbocycles. The zero-order valence-electron chi connectivity index (χ0n) is 17.5. The van der Waals surface area contributed by atoms with E-state index in [0.29, 0.717) is 49.0 Å². The summed E-state index contributed by atoms with van der Waals surface area (Å²) < 4.78 is 34.6. The molecule has 2 aliphatic rings. The molecule has 6 nitrogen and oxygen atoms in total. The number of piperidine rings is 1. The average molecular weight is 503 g/mol. The number of hydrogen-bond donors (Lipinski definition) is 0. The Labute approximate surface area is 194 Å². The lowest BCUT2D eigenvalue weighted by atomic mass is 10.0. The first-order valence-electron chi connectivity index (χ1n) is 10.7. The number of carbonyl (C=O) groups is 1. The first kappa shape index (κ1) is 21.4. The van der Waals surface area contributed by atoms with Gasteiger partial charge in [-0.2, -0.15) is 0 Å². The summed E-state index contributed by atoms with van der Waals surface area (Å²) in [6.45, 7) is 2.24. The van der Waals surface area contributed by atoms with Gasteiger partial charge in [0.2, 0.25) is 0 Å². The van der Waals surface area contributed by atoms with E-state index < -0.39 is 5.79 Å². The third kappa shape index (κ3) is 4.14. The fourth-order valence-electron chi connectivity index (χ4n) is 4.37. The molecule has 5 rings (SSSR count). The highest BCUT2D eigenvalue weighted by molar-refractivity contribution is 9.10. The Morgan fingerprint density at radius 3 is 2.53 bits per heavy atom. The van der Waals surface area contributed by atoms with Gasteiger partial charge in [-0.1, -0.05) is 30.3 Å². The van der Waals surface area contributed by atoms with E-state index in [-0.39, 0.29) is 24.6 Å². The van der Waals surface area contributed by atoms with Gasteiger partial charge in [-0.25, -0.2) is 9.18 Å². The van der Waals surface area contributed by atoms with Crippen molar-refractivity contribution in [2.75, 3.05) is 26.3 Å². The van der Waals surface area contributed by atoms with Crippen LogP contribution >= 0.6 is 15.9 Å². The molecule has 8 heteroatoms. The van der Waals surface area contributed by atoms with Crippen LogP contribution < -0.4 is 0 Å². The molecule has 0 unspecified atom stereocenters. The summed E-state index contributed by atoms with van der Waals surface area (Å²) in [4.78, 5) is 14.1. The van der Waals surface area contributed by atoms with Gasteiger partial charge in [-0.3, -0.25) is 0 Å². The summed E-state index contributed by atoms with van der Waals surface area (Å²) in [7, 11) is 0. The lowest BCUT2D eigenvalue weighted by Crippen LogP contribution is -2.53. The number of fused-ring (bicyclic) bond motifs is 1. The van der Waals surface area contributed by atoms with E-state index in [4.69, 9.17) is 14.2 Å². The van der Waals surface area contributed by atoms with Crippen LogP contribution in [0.15, 0.2) is 59.2 Å². The number of halogens is 2. The summed E-state index contributed by atoms with van der Waals surface area (Å²) in [5.74, 6) is -0.939. The van der Waals surface area contributed by atoms with Crippen LogP contribution in [0.3, 0.4) is 0 Å². The van der Waals surface area contributed by atoms with Gasteiger partial charge in [0, 0.05) is 37.5 Å². The predicted octanol–water partition coefficient (Wildman–Crippen LogP) is 5.26. The number of hydrogen-bond acceptors (Lipinski definition) is 4. The topological polar surface area (TPSA) is 52.9 Å². The molecule has 2 saturated heterocycles.